The van der Waals surface area contributed by atoms with Crippen LogP contribution in [-0.4, -0.2) is 39.2 Å². The first-order chi connectivity index (χ1) is 9.92. The third-order valence-electron chi connectivity index (χ3n) is 4.77. The number of carbonyl (C=O) groups excluding carboxylic acids is 1. The molecule has 1 atom stereocenters. The zero-order valence-electron chi connectivity index (χ0n) is 12.1. The van der Waals surface area contributed by atoms with Crippen molar-refractivity contribution in [3.63, 3.8) is 0 Å². The highest BCUT2D eigenvalue weighted by atomic mass is 19.3. The summed E-state index contributed by atoms with van der Waals surface area (Å²) in [7, 11) is 0. The normalized spacial score (nSPS) is 24.4. The second-order valence-electron chi connectivity index (χ2n) is 6.20. The van der Waals surface area contributed by atoms with Crippen molar-refractivity contribution in [3.8, 4) is 0 Å². The van der Waals surface area contributed by atoms with Crippen LogP contribution in [0.15, 0.2) is 12.1 Å². The topological polar surface area (TPSA) is 45.5 Å². The molecule has 6 heteroatoms. The van der Waals surface area contributed by atoms with Crippen molar-refractivity contribution in [1.29, 1.82) is 0 Å². The molecule has 0 aromatic carbocycles. The highest BCUT2D eigenvalue weighted by Gasteiger charge is 2.49. The molecule has 1 aromatic heterocycles. The fourth-order valence-corrected chi connectivity index (χ4v) is 3.28. The van der Waals surface area contributed by atoms with Gasteiger partial charge in [-0.05, 0) is 44.7 Å². The number of hydrogen-bond acceptors (Lipinski definition) is 2. The van der Waals surface area contributed by atoms with E-state index >= 15 is 0 Å². The first kappa shape index (κ1) is 14.5. The fraction of sp³-hybridized carbons (Fsp3) is 0.667. The van der Waals surface area contributed by atoms with E-state index in [2.05, 4.69) is 0 Å². The first-order valence-corrected chi connectivity index (χ1v) is 7.40. The summed E-state index contributed by atoms with van der Waals surface area (Å²) in [5.74, 6) is -0.288. The lowest BCUT2D eigenvalue weighted by molar-refractivity contribution is 0.0247. The number of hydrogen-bond donors (Lipinski definition) is 1. The minimum Gasteiger partial charge on any atom is -0.390 e. The summed E-state index contributed by atoms with van der Waals surface area (Å²) in [6, 6.07) is 2.99. The highest BCUT2D eigenvalue weighted by molar-refractivity contribution is 5.93. The van der Waals surface area contributed by atoms with Crippen molar-refractivity contribution >= 4 is 5.91 Å². The smallest absolute Gasteiger partial charge is 0.319 e. The van der Waals surface area contributed by atoms with Crippen LogP contribution in [0.5, 0.6) is 0 Å². The molecular weight excluding hydrogens is 278 g/mol. The van der Waals surface area contributed by atoms with Crippen LogP contribution in [0.2, 0.25) is 0 Å². The van der Waals surface area contributed by atoms with Crippen molar-refractivity contribution in [1.82, 2.24) is 9.47 Å². The van der Waals surface area contributed by atoms with Gasteiger partial charge in [0.15, 0.2) is 0 Å². The van der Waals surface area contributed by atoms with Gasteiger partial charge in [0.2, 0.25) is 0 Å². The largest absolute Gasteiger partial charge is 0.390 e. The Kier molecular flexibility index (Phi) is 3.51. The van der Waals surface area contributed by atoms with Gasteiger partial charge >= 0.3 is 6.55 Å². The molecule has 4 nitrogen and oxygen atoms in total. The molecule has 0 radical (unpaired) electrons. The highest BCUT2D eigenvalue weighted by Crippen LogP contribution is 2.45. The van der Waals surface area contributed by atoms with Crippen LogP contribution in [0.1, 0.15) is 48.4 Å². The van der Waals surface area contributed by atoms with Gasteiger partial charge in [0.05, 0.1) is 5.60 Å². The van der Waals surface area contributed by atoms with E-state index in [0.29, 0.717) is 18.8 Å². The van der Waals surface area contributed by atoms with E-state index in [0.717, 1.165) is 30.3 Å². The number of aliphatic hydroxyl groups is 1. The zero-order valence-corrected chi connectivity index (χ0v) is 12.1. The summed E-state index contributed by atoms with van der Waals surface area (Å²) < 4.78 is 26.9. The van der Waals surface area contributed by atoms with Crippen LogP contribution < -0.4 is 0 Å². The summed E-state index contributed by atoms with van der Waals surface area (Å²) in [5.41, 5.74) is -0.215. The number of nitrogens with zero attached hydrogens (tertiary/aromatic N) is 2. The molecule has 2 fully saturated rings. The number of halogens is 2. The van der Waals surface area contributed by atoms with Crippen molar-refractivity contribution in [2.45, 2.75) is 44.8 Å². The van der Waals surface area contributed by atoms with Gasteiger partial charge in [0.25, 0.3) is 5.91 Å². The van der Waals surface area contributed by atoms with E-state index in [4.69, 9.17) is 0 Å². The Labute approximate surface area is 122 Å². The van der Waals surface area contributed by atoms with Gasteiger partial charge in [-0.15, -0.1) is 0 Å². The third kappa shape index (κ3) is 2.57. The molecule has 1 aliphatic heterocycles. The van der Waals surface area contributed by atoms with Gasteiger partial charge < -0.3 is 10.0 Å². The van der Waals surface area contributed by atoms with Gasteiger partial charge in [-0.3, -0.25) is 9.36 Å². The number of piperidine rings is 1. The van der Waals surface area contributed by atoms with Crippen LogP contribution in [0.25, 0.3) is 0 Å². The van der Waals surface area contributed by atoms with E-state index in [9.17, 15) is 18.7 Å². The Morgan fingerprint density at radius 2 is 2.14 bits per heavy atom. The quantitative estimate of drug-likeness (QED) is 0.932. The maximum Gasteiger partial charge on any atom is 0.319 e. The standard InChI is InChI=1S/C15H20F2N2O2/c1-10-4-5-12(19(10)14(16)17)13(20)18-8-2-3-11(9-18)15(21)6-7-15/h4-5,11,14,21H,2-3,6-9H2,1H3. The lowest BCUT2D eigenvalue weighted by Gasteiger charge is -2.35. The van der Waals surface area contributed by atoms with Gasteiger partial charge in [-0.1, -0.05) is 0 Å². The Bertz CT molecular complexity index is 552. The van der Waals surface area contributed by atoms with E-state index < -0.39 is 12.2 Å². The average Bonchev–Trinajstić information content (AvgIpc) is 3.09. The van der Waals surface area contributed by atoms with Gasteiger partial charge in [0, 0.05) is 24.7 Å². The predicted octanol–water partition coefficient (Wildman–Crippen LogP) is 2.57. The van der Waals surface area contributed by atoms with Gasteiger partial charge in [-0.2, -0.15) is 8.78 Å². The molecule has 1 aliphatic carbocycles. The molecule has 116 valence electrons. The Hall–Kier alpha value is -1.43. The van der Waals surface area contributed by atoms with Crippen molar-refractivity contribution in [2.24, 2.45) is 5.92 Å². The van der Waals surface area contributed by atoms with Gasteiger partial charge in [-0.25, -0.2) is 0 Å². The summed E-state index contributed by atoms with van der Waals surface area (Å²) in [6.07, 6.45) is 3.28. The maximum atomic E-state index is 13.1. The third-order valence-corrected chi connectivity index (χ3v) is 4.77. The molecule has 0 bridgehead atoms. The van der Waals surface area contributed by atoms with Gasteiger partial charge in [0.1, 0.15) is 5.69 Å². The molecule has 2 heterocycles. The molecule has 1 N–H and O–H groups in total. The minimum atomic E-state index is -2.72. The number of aromatic nitrogens is 1. The number of alkyl halides is 2. The monoisotopic (exact) mass is 298 g/mol. The first-order valence-electron chi connectivity index (χ1n) is 7.40. The van der Waals surface area contributed by atoms with Crippen molar-refractivity contribution in [2.75, 3.05) is 13.1 Å². The maximum absolute atomic E-state index is 13.1. The van der Waals surface area contributed by atoms with E-state index in [-0.39, 0.29) is 17.5 Å². The molecule has 1 amide bonds. The Morgan fingerprint density at radius 3 is 2.76 bits per heavy atom. The molecule has 0 spiro atoms. The van der Waals surface area contributed by atoms with Crippen LogP contribution in [0.3, 0.4) is 0 Å². The number of rotatable bonds is 3. The van der Waals surface area contributed by atoms with Crippen LogP contribution >= 0.6 is 0 Å². The molecule has 1 unspecified atom stereocenters. The summed E-state index contributed by atoms with van der Waals surface area (Å²) >= 11 is 0. The Balaban J connectivity index is 1.79. The molecule has 1 saturated carbocycles. The second-order valence-corrected chi connectivity index (χ2v) is 6.20. The van der Waals surface area contributed by atoms with E-state index in [1.807, 2.05) is 0 Å². The zero-order chi connectivity index (χ0) is 15.2. The summed E-state index contributed by atoms with van der Waals surface area (Å²) in [4.78, 5) is 14.1. The summed E-state index contributed by atoms with van der Waals surface area (Å²) in [5, 5.41) is 10.2. The number of likely N-dealkylation sites (tertiary alicyclic amines) is 1. The SMILES string of the molecule is Cc1ccc(C(=O)N2CCCC(C3(O)CC3)C2)n1C(F)F. The van der Waals surface area contributed by atoms with E-state index in [1.54, 1.807) is 11.8 Å². The lowest BCUT2D eigenvalue weighted by atomic mass is 9.90. The molecule has 2 aliphatic rings. The van der Waals surface area contributed by atoms with Crippen molar-refractivity contribution in [3.05, 3.63) is 23.5 Å². The number of amides is 1. The molecule has 1 aromatic rings. The molecule has 1 saturated heterocycles. The fourth-order valence-electron chi connectivity index (χ4n) is 3.28. The Morgan fingerprint density at radius 1 is 1.43 bits per heavy atom. The predicted molar refractivity (Wildman–Crippen MR) is 73.2 cm³/mol. The lowest BCUT2D eigenvalue weighted by Crippen LogP contribution is -2.44. The van der Waals surface area contributed by atoms with Crippen LogP contribution in [0, 0.1) is 12.8 Å². The van der Waals surface area contributed by atoms with Crippen LogP contribution in [-0.2, 0) is 0 Å². The number of carbonyl (C=O) groups is 1. The molecule has 21 heavy (non-hydrogen) atoms. The summed E-state index contributed by atoms with van der Waals surface area (Å²) in [6.45, 7) is -0.122. The number of aryl methyl sites for hydroxylation is 1. The molecular formula is C15H20F2N2O2. The van der Waals surface area contributed by atoms with Crippen LogP contribution in [0.4, 0.5) is 8.78 Å². The van der Waals surface area contributed by atoms with E-state index in [1.165, 1.54) is 12.1 Å². The minimum absolute atomic E-state index is 0.0333. The average molecular weight is 298 g/mol. The molecule has 3 rings (SSSR count). The van der Waals surface area contributed by atoms with Crippen molar-refractivity contribution < 1.29 is 18.7 Å². The second kappa shape index (κ2) is 5.09.